The summed E-state index contributed by atoms with van der Waals surface area (Å²) in [6.07, 6.45) is 3.41. The molecule has 2 N–H and O–H groups in total. The summed E-state index contributed by atoms with van der Waals surface area (Å²) < 4.78 is 0. The van der Waals surface area contributed by atoms with Crippen LogP contribution in [0.2, 0.25) is 0 Å². The standard InChI is InChI=1S/C15H20N2O/c1-15(11-18)8-2-3-14(15)17-10-13-6-4-12(9-16)5-7-13/h4-7,14,17-18H,2-3,8,10-11H2,1H3. The number of rotatable bonds is 4. The molecule has 0 aromatic heterocycles. The fourth-order valence-electron chi connectivity index (χ4n) is 2.71. The summed E-state index contributed by atoms with van der Waals surface area (Å²) >= 11 is 0. The number of nitriles is 1. The van der Waals surface area contributed by atoms with E-state index < -0.39 is 0 Å². The van der Waals surface area contributed by atoms with Crippen LogP contribution in [-0.4, -0.2) is 17.8 Å². The Balaban J connectivity index is 1.93. The molecule has 0 radical (unpaired) electrons. The van der Waals surface area contributed by atoms with Crippen molar-refractivity contribution in [2.75, 3.05) is 6.61 Å². The maximum absolute atomic E-state index is 9.49. The summed E-state index contributed by atoms with van der Waals surface area (Å²) in [4.78, 5) is 0. The van der Waals surface area contributed by atoms with E-state index in [-0.39, 0.29) is 12.0 Å². The molecule has 1 aromatic rings. The number of hydrogen-bond donors (Lipinski definition) is 2. The van der Waals surface area contributed by atoms with Crippen LogP contribution in [0, 0.1) is 16.7 Å². The molecule has 96 valence electrons. The maximum atomic E-state index is 9.49. The number of aliphatic hydroxyl groups is 1. The van der Waals surface area contributed by atoms with Crippen molar-refractivity contribution in [1.29, 1.82) is 5.26 Å². The minimum absolute atomic E-state index is 0.0204. The average Bonchev–Trinajstić information content (AvgIpc) is 2.79. The van der Waals surface area contributed by atoms with E-state index in [0.717, 1.165) is 19.4 Å². The van der Waals surface area contributed by atoms with E-state index in [0.29, 0.717) is 11.6 Å². The summed E-state index contributed by atoms with van der Waals surface area (Å²) in [5, 5.41) is 21.8. The summed E-state index contributed by atoms with van der Waals surface area (Å²) in [6, 6.07) is 10.2. The van der Waals surface area contributed by atoms with E-state index in [4.69, 9.17) is 5.26 Å². The first-order chi connectivity index (χ1) is 8.68. The SMILES string of the molecule is CC1(CO)CCCC1NCc1ccc(C#N)cc1. The number of nitrogens with zero attached hydrogens (tertiary/aromatic N) is 1. The van der Waals surface area contributed by atoms with Crippen LogP contribution in [0.5, 0.6) is 0 Å². The molecular formula is C15H20N2O. The quantitative estimate of drug-likeness (QED) is 0.853. The van der Waals surface area contributed by atoms with Crippen molar-refractivity contribution in [3.8, 4) is 6.07 Å². The van der Waals surface area contributed by atoms with Gasteiger partial charge in [0.1, 0.15) is 0 Å². The molecule has 18 heavy (non-hydrogen) atoms. The van der Waals surface area contributed by atoms with E-state index in [1.54, 1.807) is 0 Å². The van der Waals surface area contributed by atoms with Crippen molar-refractivity contribution < 1.29 is 5.11 Å². The molecule has 0 amide bonds. The highest BCUT2D eigenvalue weighted by atomic mass is 16.3. The molecule has 1 aliphatic carbocycles. The average molecular weight is 244 g/mol. The van der Waals surface area contributed by atoms with Crippen molar-refractivity contribution in [1.82, 2.24) is 5.32 Å². The lowest BCUT2D eigenvalue weighted by atomic mass is 9.86. The molecule has 1 aliphatic rings. The van der Waals surface area contributed by atoms with Gasteiger partial charge in [-0.3, -0.25) is 0 Å². The molecule has 0 saturated heterocycles. The molecule has 3 heteroatoms. The minimum atomic E-state index is 0.0204. The molecule has 2 rings (SSSR count). The van der Waals surface area contributed by atoms with Gasteiger partial charge in [0.05, 0.1) is 11.6 Å². The van der Waals surface area contributed by atoms with Crippen molar-refractivity contribution in [3.63, 3.8) is 0 Å². The highest BCUT2D eigenvalue weighted by Crippen LogP contribution is 2.37. The van der Waals surface area contributed by atoms with Gasteiger partial charge >= 0.3 is 0 Å². The summed E-state index contributed by atoms with van der Waals surface area (Å²) in [5.74, 6) is 0. The second kappa shape index (κ2) is 5.51. The molecule has 1 aromatic carbocycles. The summed E-state index contributed by atoms with van der Waals surface area (Å²) in [7, 11) is 0. The second-order valence-corrected chi connectivity index (χ2v) is 5.45. The lowest BCUT2D eigenvalue weighted by Crippen LogP contribution is -2.41. The number of aliphatic hydroxyl groups excluding tert-OH is 1. The van der Waals surface area contributed by atoms with E-state index in [1.165, 1.54) is 12.0 Å². The van der Waals surface area contributed by atoms with Gasteiger partial charge in [-0.2, -0.15) is 5.26 Å². The largest absolute Gasteiger partial charge is 0.396 e. The van der Waals surface area contributed by atoms with Gasteiger partial charge in [-0.15, -0.1) is 0 Å². The molecule has 0 spiro atoms. The normalized spacial score (nSPS) is 27.1. The first-order valence-electron chi connectivity index (χ1n) is 6.51. The van der Waals surface area contributed by atoms with Crippen LogP contribution < -0.4 is 5.32 Å². The topological polar surface area (TPSA) is 56.0 Å². The number of hydrogen-bond acceptors (Lipinski definition) is 3. The van der Waals surface area contributed by atoms with Gasteiger partial charge in [0.15, 0.2) is 0 Å². The third-order valence-electron chi connectivity index (χ3n) is 4.08. The van der Waals surface area contributed by atoms with Crippen LogP contribution in [0.4, 0.5) is 0 Å². The van der Waals surface area contributed by atoms with Gasteiger partial charge in [0.2, 0.25) is 0 Å². The zero-order chi connectivity index (χ0) is 13.0. The highest BCUT2D eigenvalue weighted by molar-refractivity contribution is 5.31. The van der Waals surface area contributed by atoms with Crippen molar-refractivity contribution in [2.45, 2.75) is 38.8 Å². The Bertz CT molecular complexity index is 435. The van der Waals surface area contributed by atoms with Crippen LogP contribution in [0.3, 0.4) is 0 Å². The van der Waals surface area contributed by atoms with Crippen LogP contribution >= 0.6 is 0 Å². The Morgan fingerprint density at radius 3 is 2.78 bits per heavy atom. The smallest absolute Gasteiger partial charge is 0.0991 e. The van der Waals surface area contributed by atoms with E-state index in [1.807, 2.05) is 24.3 Å². The first kappa shape index (κ1) is 13.1. The van der Waals surface area contributed by atoms with Crippen LogP contribution in [0.25, 0.3) is 0 Å². The van der Waals surface area contributed by atoms with Gasteiger partial charge in [-0.25, -0.2) is 0 Å². The van der Waals surface area contributed by atoms with Crippen molar-refractivity contribution >= 4 is 0 Å². The highest BCUT2D eigenvalue weighted by Gasteiger charge is 2.37. The van der Waals surface area contributed by atoms with E-state index >= 15 is 0 Å². The first-order valence-corrected chi connectivity index (χ1v) is 6.51. The Morgan fingerprint density at radius 1 is 1.44 bits per heavy atom. The van der Waals surface area contributed by atoms with Gasteiger partial charge in [-0.05, 0) is 30.5 Å². The Kier molecular flexibility index (Phi) is 4.00. The molecule has 0 heterocycles. The molecule has 1 saturated carbocycles. The Labute approximate surface area is 108 Å². The predicted octanol–water partition coefficient (Wildman–Crippen LogP) is 2.20. The second-order valence-electron chi connectivity index (χ2n) is 5.45. The Morgan fingerprint density at radius 2 is 2.17 bits per heavy atom. The zero-order valence-corrected chi connectivity index (χ0v) is 10.8. The molecule has 2 unspecified atom stereocenters. The molecule has 0 aliphatic heterocycles. The lowest BCUT2D eigenvalue weighted by molar-refractivity contribution is 0.118. The van der Waals surface area contributed by atoms with E-state index in [2.05, 4.69) is 18.3 Å². The Hall–Kier alpha value is -1.37. The van der Waals surface area contributed by atoms with Crippen molar-refractivity contribution in [2.24, 2.45) is 5.41 Å². The third kappa shape index (κ3) is 2.72. The van der Waals surface area contributed by atoms with Gasteiger partial charge in [0, 0.05) is 24.6 Å². The summed E-state index contributed by atoms with van der Waals surface area (Å²) in [6.45, 7) is 3.19. The zero-order valence-electron chi connectivity index (χ0n) is 10.8. The minimum Gasteiger partial charge on any atom is -0.396 e. The van der Waals surface area contributed by atoms with Crippen LogP contribution in [-0.2, 0) is 6.54 Å². The molecule has 2 atom stereocenters. The number of nitrogens with one attached hydrogen (secondary N) is 1. The third-order valence-corrected chi connectivity index (χ3v) is 4.08. The van der Waals surface area contributed by atoms with Gasteiger partial charge in [0.25, 0.3) is 0 Å². The van der Waals surface area contributed by atoms with E-state index in [9.17, 15) is 5.11 Å². The summed E-state index contributed by atoms with van der Waals surface area (Å²) in [5.41, 5.74) is 1.90. The molecule has 0 bridgehead atoms. The monoisotopic (exact) mass is 244 g/mol. The fraction of sp³-hybridized carbons (Fsp3) is 0.533. The van der Waals surface area contributed by atoms with Crippen LogP contribution in [0.15, 0.2) is 24.3 Å². The van der Waals surface area contributed by atoms with Gasteiger partial charge < -0.3 is 10.4 Å². The predicted molar refractivity (Wildman–Crippen MR) is 70.8 cm³/mol. The molecule has 1 fully saturated rings. The lowest BCUT2D eigenvalue weighted by Gasteiger charge is -2.30. The maximum Gasteiger partial charge on any atom is 0.0991 e. The fourth-order valence-corrected chi connectivity index (χ4v) is 2.71. The van der Waals surface area contributed by atoms with Gasteiger partial charge in [-0.1, -0.05) is 25.5 Å². The molecular weight excluding hydrogens is 224 g/mol. The molecule has 3 nitrogen and oxygen atoms in total. The van der Waals surface area contributed by atoms with Crippen molar-refractivity contribution in [3.05, 3.63) is 35.4 Å². The van der Waals surface area contributed by atoms with Crippen LogP contribution in [0.1, 0.15) is 37.3 Å². The number of benzene rings is 1.